The molecular weight excluding hydrogens is 202 g/mol. The third kappa shape index (κ3) is 3.53. The summed E-state index contributed by atoms with van der Waals surface area (Å²) in [6.45, 7) is 5.32. The van der Waals surface area contributed by atoms with E-state index in [9.17, 15) is 4.79 Å². The summed E-state index contributed by atoms with van der Waals surface area (Å²) >= 11 is 0. The Morgan fingerprint density at radius 3 is 2.88 bits per heavy atom. The van der Waals surface area contributed by atoms with Crippen LogP contribution in [0.15, 0.2) is 18.3 Å². The van der Waals surface area contributed by atoms with E-state index in [0.29, 0.717) is 6.54 Å². The van der Waals surface area contributed by atoms with Crippen LogP contribution < -0.4 is 10.2 Å². The zero-order valence-corrected chi connectivity index (χ0v) is 10.2. The van der Waals surface area contributed by atoms with Crippen molar-refractivity contribution in [3.63, 3.8) is 0 Å². The van der Waals surface area contributed by atoms with E-state index in [1.165, 1.54) is 0 Å². The predicted octanol–water partition coefficient (Wildman–Crippen LogP) is 1.35. The highest BCUT2D eigenvalue weighted by Gasteiger charge is 2.09. The summed E-state index contributed by atoms with van der Waals surface area (Å²) in [6, 6.07) is 3.93. The van der Waals surface area contributed by atoms with Gasteiger partial charge in [-0.25, -0.2) is 0 Å². The van der Waals surface area contributed by atoms with E-state index in [0.717, 1.165) is 24.3 Å². The molecule has 0 unspecified atom stereocenters. The van der Waals surface area contributed by atoms with Gasteiger partial charge in [0.15, 0.2) is 0 Å². The minimum absolute atomic E-state index is 0.0305. The van der Waals surface area contributed by atoms with Crippen molar-refractivity contribution in [1.82, 2.24) is 10.3 Å². The topological polar surface area (TPSA) is 45.2 Å². The minimum Gasteiger partial charge on any atom is -0.362 e. The summed E-state index contributed by atoms with van der Waals surface area (Å²) in [5.74, 6) is 0.0305. The number of anilines is 1. The summed E-state index contributed by atoms with van der Waals surface area (Å²) in [5, 5.41) is 2.64. The smallest absolute Gasteiger partial charge is 0.239 e. The van der Waals surface area contributed by atoms with Gasteiger partial charge in [0.1, 0.15) is 0 Å². The largest absolute Gasteiger partial charge is 0.362 e. The van der Waals surface area contributed by atoms with Gasteiger partial charge in [0, 0.05) is 31.2 Å². The highest BCUT2D eigenvalue weighted by Crippen LogP contribution is 2.14. The molecule has 0 aliphatic heterocycles. The summed E-state index contributed by atoms with van der Waals surface area (Å²) in [4.78, 5) is 17.6. The molecule has 1 amide bonds. The van der Waals surface area contributed by atoms with Gasteiger partial charge < -0.3 is 10.2 Å². The number of nitrogens with one attached hydrogen (secondary N) is 1. The molecule has 0 spiro atoms. The SMILES string of the molecule is CCCN(CC(=O)NC)c1ccnc(C)c1. The van der Waals surface area contributed by atoms with Crippen molar-refractivity contribution >= 4 is 11.6 Å². The molecule has 0 saturated carbocycles. The number of amides is 1. The highest BCUT2D eigenvalue weighted by atomic mass is 16.1. The maximum atomic E-state index is 11.4. The van der Waals surface area contributed by atoms with Crippen LogP contribution >= 0.6 is 0 Å². The molecule has 0 aliphatic carbocycles. The monoisotopic (exact) mass is 221 g/mol. The molecule has 4 nitrogen and oxygen atoms in total. The fourth-order valence-electron chi connectivity index (χ4n) is 1.55. The van der Waals surface area contributed by atoms with Crippen molar-refractivity contribution in [2.24, 2.45) is 0 Å². The Labute approximate surface area is 96.7 Å². The number of rotatable bonds is 5. The van der Waals surface area contributed by atoms with Crippen LogP contribution in [0.1, 0.15) is 19.0 Å². The first-order valence-electron chi connectivity index (χ1n) is 5.55. The molecule has 4 heteroatoms. The van der Waals surface area contributed by atoms with Crippen LogP contribution in [0.25, 0.3) is 0 Å². The molecule has 1 heterocycles. The second-order valence-corrected chi connectivity index (χ2v) is 3.75. The number of hydrogen-bond donors (Lipinski definition) is 1. The number of pyridine rings is 1. The average molecular weight is 221 g/mol. The van der Waals surface area contributed by atoms with Crippen LogP contribution in [0.5, 0.6) is 0 Å². The Hall–Kier alpha value is -1.58. The molecule has 0 fully saturated rings. The lowest BCUT2D eigenvalue weighted by molar-refractivity contribution is -0.119. The van der Waals surface area contributed by atoms with Crippen LogP contribution in [-0.4, -0.2) is 31.0 Å². The molecule has 0 aromatic carbocycles. The number of likely N-dealkylation sites (N-methyl/N-ethyl adjacent to an activating group) is 1. The van der Waals surface area contributed by atoms with E-state index >= 15 is 0 Å². The molecule has 0 saturated heterocycles. The number of nitrogens with zero attached hydrogens (tertiary/aromatic N) is 2. The van der Waals surface area contributed by atoms with E-state index < -0.39 is 0 Å². The quantitative estimate of drug-likeness (QED) is 0.816. The molecule has 1 aromatic rings. The van der Waals surface area contributed by atoms with Crippen LogP contribution in [0.2, 0.25) is 0 Å². The number of carbonyl (C=O) groups is 1. The Morgan fingerprint density at radius 1 is 1.56 bits per heavy atom. The maximum absolute atomic E-state index is 11.4. The molecule has 88 valence electrons. The van der Waals surface area contributed by atoms with E-state index in [4.69, 9.17) is 0 Å². The Morgan fingerprint density at radius 2 is 2.31 bits per heavy atom. The molecule has 1 N–H and O–H groups in total. The lowest BCUT2D eigenvalue weighted by Crippen LogP contribution is -2.36. The van der Waals surface area contributed by atoms with E-state index in [1.807, 2.05) is 19.1 Å². The predicted molar refractivity (Wildman–Crippen MR) is 65.5 cm³/mol. The van der Waals surface area contributed by atoms with Gasteiger partial charge in [-0.1, -0.05) is 6.92 Å². The highest BCUT2D eigenvalue weighted by molar-refractivity contribution is 5.81. The van der Waals surface area contributed by atoms with Crippen LogP contribution in [0, 0.1) is 6.92 Å². The molecule has 0 bridgehead atoms. The molecular formula is C12H19N3O. The van der Waals surface area contributed by atoms with Gasteiger partial charge in [-0.3, -0.25) is 9.78 Å². The van der Waals surface area contributed by atoms with Crippen molar-refractivity contribution < 1.29 is 4.79 Å². The number of hydrogen-bond acceptors (Lipinski definition) is 3. The van der Waals surface area contributed by atoms with Crippen molar-refractivity contribution in [2.75, 3.05) is 25.0 Å². The molecule has 1 rings (SSSR count). The van der Waals surface area contributed by atoms with E-state index in [-0.39, 0.29) is 5.91 Å². The third-order valence-corrected chi connectivity index (χ3v) is 2.35. The zero-order valence-electron chi connectivity index (χ0n) is 10.2. The molecule has 0 radical (unpaired) electrons. The van der Waals surface area contributed by atoms with Crippen molar-refractivity contribution in [2.45, 2.75) is 20.3 Å². The number of aryl methyl sites for hydroxylation is 1. The minimum atomic E-state index is 0.0305. The molecule has 16 heavy (non-hydrogen) atoms. The van der Waals surface area contributed by atoms with Gasteiger partial charge in [0.2, 0.25) is 5.91 Å². The standard InChI is InChI=1S/C12H19N3O/c1-4-7-15(9-12(16)13-3)11-5-6-14-10(2)8-11/h5-6,8H,4,7,9H2,1-3H3,(H,13,16). The first-order valence-corrected chi connectivity index (χ1v) is 5.55. The van der Waals surface area contributed by atoms with Crippen LogP contribution in [-0.2, 0) is 4.79 Å². The van der Waals surface area contributed by atoms with Crippen molar-refractivity contribution in [3.8, 4) is 0 Å². The Kier molecular flexibility index (Phi) is 4.76. The molecule has 1 aromatic heterocycles. The Balaban J connectivity index is 2.80. The van der Waals surface area contributed by atoms with Gasteiger partial charge in [-0.15, -0.1) is 0 Å². The van der Waals surface area contributed by atoms with Gasteiger partial charge in [0.25, 0.3) is 0 Å². The Bertz CT molecular complexity index is 352. The summed E-state index contributed by atoms with van der Waals surface area (Å²) < 4.78 is 0. The van der Waals surface area contributed by atoms with Crippen molar-refractivity contribution in [1.29, 1.82) is 0 Å². The zero-order chi connectivity index (χ0) is 12.0. The summed E-state index contributed by atoms with van der Waals surface area (Å²) in [7, 11) is 1.66. The lowest BCUT2D eigenvalue weighted by atomic mass is 10.2. The van der Waals surface area contributed by atoms with Gasteiger partial charge in [-0.2, -0.15) is 0 Å². The fourth-order valence-corrected chi connectivity index (χ4v) is 1.55. The number of carbonyl (C=O) groups excluding carboxylic acids is 1. The summed E-state index contributed by atoms with van der Waals surface area (Å²) in [5.41, 5.74) is 2.02. The first kappa shape index (κ1) is 12.5. The first-order chi connectivity index (χ1) is 7.67. The molecule has 0 aliphatic rings. The van der Waals surface area contributed by atoms with Crippen molar-refractivity contribution in [3.05, 3.63) is 24.0 Å². The van der Waals surface area contributed by atoms with Crippen LogP contribution in [0.3, 0.4) is 0 Å². The number of aromatic nitrogens is 1. The lowest BCUT2D eigenvalue weighted by Gasteiger charge is -2.23. The van der Waals surface area contributed by atoms with Crippen LogP contribution in [0.4, 0.5) is 5.69 Å². The molecule has 0 atom stereocenters. The van der Waals surface area contributed by atoms with Gasteiger partial charge in [-0.05, 0) is 25.5 Å². The maximum Gasteiger partial charge on any atom is 0.239 e. The van der Waals surface area contributed by atoms with Gasteiger partial charge >= 0.3 is 0 Å². The van der Waals surface area contributed by atoms with E-state index in [2.05, 4.69) is 22.1 Å². The second-order valence-electron chi connectivity index (χ2n) is 3.75. The normalized spacial score (nSPS) is 9.94. The second kappa shape index (κ2) is 6.10. The van der Waals surface area contributed by atoms with E-state index in [1.54, 1.807) is 13.2 Å². The fraction of sp³-hybridized carbons (Fsp3) is 0.500. The van der Waals surface area contributed by atoms with Gasteiger partial charge in [0.05, 0.1) is 6.54 Å². The average Bonchev–Trinajstić information content (AvgIpc) is 2.28. The summed E-state index contributed by atoms with van der Waals surface area (Å²) in [6.07, 6.45) is 2.79. The third-order valence-electron chi connectivity index (χ3n) is 2.35.